The van der Waals surface area contributed by atoms with Gasteiger partial charge >= 0.3 is 0 Å². The number of nitrogens with zero attached hydrogens (tertiary/aromatic N) is 1. The molecule has 0 bridgehead atoms. The fraction of sp³-hybridized carbons (Fsp3) is 0.412. The molecule has 1 atom stereocenters. The molecule has 0 radical (unpaired) electrons. The van der Waals surface area contributed by atoms with E-state index >= 15 is 0 Å². The summed E-state index contributed by atoms with van der Waals surface area (Å²) in [6, 6.07) is 14.2. The van der Waals surface area contributed by atoms with Gasteiger partial charge in [-0.3, -0.25) is 0 Å². The SMILES string of the molecule is CCN(CC)CC(O)COc1ccc2ccccc2c1. The Kier molecular flexibility index (Phi) is 5.39. The molecule has 0 saturated carbocycles. The first-order chi connectivity index (χ1) is 9.72. The highest BCUT2D eigenvalue weighted by molar-refractivity contribution is 5.83. The van der Waals surface area contributed by atoms with Gasteiger partial charge in [-0.25, -0.2) is 0 Å². The van der Waals surface area contributed by atoms with Crippen molar-refractivity contribution in [2.24, 2.45) is 0 Å². The second-order valence-corrected chi connectivity index (χ2v) is 4.96. The van der Waals surface area contributed by atoms with E-state index in [1.807, 2.05) is 30.3 Å². The van der Waals surface area contributed by atoms with Crippen molar-refractivity contribution in [3.05, 3.63) is 42.5 Å². The van der Waals surface area contributed by atoms with E-state index in [9.17, 15) is 5.11 Å². The molecule has 1 unspecified atom stereocenters. The fourth-order valence-corrected chi connectivity index (χ4v) is 2.28. The van der Waals surface area contributed by atoms with E-state index in [1.54, 1.807) is 0 Å². The number of hydrogen-bond donors (Lipinski definition) is 1. The van der Waals surface area contributed by atoms with Crippen LogP contribution in [-0.2, 0) is 0 Å². The van der Waals surface area contributed by atoms with Crippen LogP contribution >= 0.6 is 0 Å². The lowest BCUT2D eigenvalue weighted by Gasteiger charge is -2.22. The Labute approximate surface area is 120 Å². The van der Waals surface area contributed by atoms with Gasteiger partial charge < -0.3 is 14.7 Å². The van der Waals surface area contributed by atoms with E-state index in [-0.39, 0.29) is 0 Å². The smallest absolute Gasteiger partial charge is 0.120 e. The van der Waals surface area contributed by atoms with Crippen LogP contribution in [0.4, 0.5) is 0 Å². The van der Waals surface area contributed by atoms with E-state index in [4.69, 9.17) is 4.74 Å². The normalized spacial score (nSPS) is 12.8. The summed E-state index contributed by atoms with van der Waals surface area (Å²) >= 11 is 0. The number of fused-ring (bicyclic) bond motifs is 1. The monoisotopic (exact) mass is 273 g/mol. The molecule has 0 aliphatic carbocycles. The van der Waals surface area contributed by atoms with Gasteiger partial charge in [0.2, 0.25) is 0 Å². The van der Waals surface area contributed by atoms with Crippen LogP contribution in [0.25, 0.3) is 10.8 Å². The Bertz CT molecular complexity index is 537. The topological polar surface area (TPSA) is 32.7 Å². The Morgan fingerprint density at radius 1 is 1.05 bits per heavy atom. The van der Waals surface area contributed by atoms with E-state index in [1.165, 1.54) is 5.39 Å². The zero-order valence-corrected chi connectivity index (χ0v) is 12.2. The highest BCUT2D eigenvalue weighted by Gasteiger charge is 2.09. The standard InChI is InChI=1S/C17H23NO2/c1-3-18(4-2)12-16(19)13-20-17-10-9-14-7-5-6-8-15(14)11-17/h5-11,16,19H,3-4,12-13H2,1-2H3. The number of ether oxygens (including phenoxy) is 1. The molecule has 2 aromatic rings. The van der Waals surface area contributed by atoms with Crippen LogP contribution < -0.4 is 4.74 Å². The molecule has 0 amide bonds. The second-order valence-electron chi connectivity index (χ2n) is 4.96. The van der Waals surface area contributed by atoms with Crippen molar-refractivity contribution in [1.29, 1.82) is 0 Å². The first-order valence-corrected chi connectivity index (χ1v) is 7.25. The van der Waals surface area contributed by atoms with Crippen LogP contribution in [0.15, 0.2) is 42.5 Å². The fourth-order valence-electron chi connectivity index (χ4n) is 2.28. The predicted molar refractivity (Wildman–Crippen MR) is 83.2 cm³/mol. The number of likely N-dealkylation sites (N-methyl/N-ethyl adjacent to an activating group) is 1. The van der Waals surface area contributed by atoms with Crippen LogP contribution in [-0.4, -0.2) is 42.4 Å². The van der Waals surface area contributed by atoms with Crippen LogP contribution in [0, 0.1) is 0 Å². The maximum Gasteiger partial charge on any atom is 0.120 e. The third kappa shape index (κ3) is 3.95. The Morgan fingerprint density at radius 2 is 1.75 bits per heavy atom. The molecule has 0 saturated heterocycles. The summed E-state index contributed by atoms with van der Waals surface area (Å²) < 4.78 is 5.69. The molecule has 2 rings (SSSR count). The van der Waals surface area contributed by atoms with Gasteiger partial charge in [-0.15, -0.1) is 0 Å². The van der Waals surface area contributed by atoms with Crippen molar-refractivity contribution in [3.63, 3.8) is 0 Å². The highest BCUT2D eigenvalue weighted by atomic mass is 16.5. The molecule has 20 heavy (non-hydrogen) atoms. The molecule has 0 spiro atoms. The van der Waals surface area contributed by atoms with Gasteiger partial charge in [0.25, 0.3) is 0 Å². The molecule has 2 aromatic carbocycles. The molecule has 0 aromatic heterocycles. The summed E-state index contributed by atoms with van der Waals surface area (Å²) in [6.07, 6.45) is -0.457. The molecule has 0 aliphatic heterocycles. The highest BCUT2D eigenvalue weighted by Crippen LogP contribution is 2.20. The summed E-state index contributed by atoms with van der Waals surface area (Å²) in [5.41, 5.74) is 0. The number of benzene rings is 2. The molecule has 0 heterocycles. The maximum absolute atomic E-state index is 9.99. The van der Waals surface area contributed by atoms with Gasteiger partial charge in [-0.2, -0.15) is 0 Å². The maximum atomic E-state index is 9.99. The summed E-state index contributed by atoms with van der Waals surface area (Å²) in [4.78, 5) is 2.19. The van der Waals surface area contributed by atoms with Gasteiger partial charge in [0.1, 0.15) is 18.5 Å². The van der Waals surface area contributed by atoms with Crippen LogP contribution in [0.5, 0.6) is 5.75 Å². The number of rotatable bonds is 7. The zero-order chi connectivity index (χ0) is 14.4. The van der Waals surface area contributed by atoms with Crippen molar-refractivity contribution >= 4 is 10.8 Å². The Morgan fingerprint density at radius 3 is 2.45 bits per heavy atom. The van der Waals surface area contributed by atoms with Crippen molar-refractivity contribution in [2.45, 2.75) is 20.0 Å². The average molecular weight is 273 g/mol. The van der Waals surface area contributed by atoms with E-state index < -0.39 is 6.10 Å². The van der Waals surface area contributed by atoms with Gasteiger partial charge in [0.05, 0.1) is 0 Å². The van der Waals surface area contributed by atoms with E-state index in [0.29, 0.717) is 13.2 Å². The van der Waals surface area contributed by atoms with E-state index in [0.717, 1.165) is 24.2 Å². The van der Waals surface area contributed by atoms with Crippen molar-refractivity contribution in [1.82, 2.24) is 4.90 Å². The summed E-state index contributed by atoms with van der Waals surface area (Å²) in [5.74, 6) is 0.808. The molecule has 0 fully saturated rings. The third-order valence-electron chi connectivity index (χ3n) is 3.53. The molecular weight excluding hydrogens is 250 g/mol. The number of aliphatic hydroxyl groups is 1. The minimum Gasteiger partial charge on any atom is -0.491 e. The second kappa shape index (κ2) is 7.27. The Hall–Kier alpha value is -1.58. The minimum absolute atomic E-state index is 0.328. The number of aliphatic hydroxyl groups excluding tert-OH is 1. The van der Waals surface area contributed by atoms with Crippen LogP contribution in [0.2, 0.25) is 0 Å². The average Bonchev–Trinajstić information content (AvgIpc) is 2.50. The zero-order valence-electron chi connectivity index (χ0n) is 12.2. The molecule has 0 aliphatic rings. The van der Waals surface area contributed by atoms with Gasteiger partial charge in [0.15, 0.2) is 0 Å². The van der Waals surface area contributed by atoms with Crippen LogP contribution in [0.1, 0.15) is 13.8 Å². The summed E-state index contributed by atoms with van der Waals surface area (Å²) in [5, 5.41) is 12.3. The lowest BCUT2D eigenvalue weighted by Crippen LogP contribution is -2.35. The molecule has 3 nitrogen and oxygen atoms in total. The van der Waals surface area contributed by atoms with Gasteiger partial charge in [-0.1, -0.05) is 44.2 Å². The first-order valence-electron chi connectivity index (χ1n) is 7.25. The Balaban J connectivity index is 1.92. The third-order valence-corrected chi connectivity index (χ3v) is 3.53. The van der Waals surface area contributed by atoms with Crippen LogP contribution in [0.3, 0.4) is 0 Å². The van der Waals surface area contributed by atoms with Crippen molar-refractivity contribution in [2.75, 3.05) is 26.2 Å². The van der Waals surface area contributed by atoms with E-state index in [2.05, 4.69) is 30.9 Å². The number of hydrogen-bond acceptors (Lipinski definition) is 3. The van der Waals surface area contributed by atoms with Crippen molar-refractivity contribution < 1.29 is 9.84 Å². The lowest BCUT2D eigenvalue weighted by molar-refractivity contribution is 0.0717. The largest absolute Gasteiger partial charge is 0.491 e. The van der Waals surface area contributed by atoms with Crippen molar-refractivity contribution in [3.8, 4) is 5.75 Å². The predicted octanol–water partition coefficient (Wildman–Crippen LogP) is 2.92. The lowest BCUT2D eigenvalue weighted by atomic mass is 10.1. The first kappa shape index (κ1) is 14.8. The minimum atomic E-state index is -0.457. The molecule has 3 heteroatoms. The van der Waals surface area contributed by atoms with Gasteiger partial charge in [-0.05, 0) is 36.0 Å². The molecular formula is C17H23NO2. The summed E-state index contributed by atoms with van der Waals surface area (Å²) in [6.45, 7) is 7.07. The van der Waals surface area contributed by atoms with Gasteiger partial charge in [0, 0.05) is 6.54 Å². The molecule has 108 valence electrons. The summed E-state index contributed by atoms with van der Waals surface area (Å²) in [7, 11) is 0. The quantitative estimate of drug-likeness (QED) is 0.842. The molecule has 1 N–H and O–H groups in total.